The molecule has 4 aliphatic rings. The molecule has 0 radical (unpaired) electrons. The number of para-hydroxylation sites is 1. The first kappa shape index (κ1) is 20.3. The molecule has 0 aliphatic heterocycles. The van der Waals surface area contributed by atoms with E-state index in [4.69, 9.17) is 35.8 Å². The van der Waals surface area contributed by atoms with Crippen molar-refractivity contribution in [2.45, 2.75) is 43.9 Å². The van der Waals surface area contributed by atoms with Crippen LogP contribution in [0.25, 0.3) is 0 Å². The third-order valence-corrected chi connectivity index (χ3v) is 8.23. The van der Waals surface area contributed by atoms with Gasteiger partial charge in [-0.15, -0.1) is 0 Å². The number of rotatable bonds is 3. The number of nitrogens with zero attached hydrogens (tertiary/aromatic N) is 1. The van der Waals surface area contributed by atoms with E-state index >= 15 is 0 Å². The van der Waals surface area contributed by atoms with Gasteiger partial charge in [0.25, 0.3) is 5.91 Å². The van der Waals surface area contributed by atoms with Gasteiger partial charge in [-0.1, -0.05) is 41.4 Å². The summed E-state index contributed by atoms with van der Waals surface area (Å²) >= 11 is 17.1. The highest BCUT2D eigenvalue weighted by Gasteiger charge is 2.52. The van der Waals surface area contributed by atoms with Crippen molar-refractivity contribution >= 4 is 52.7 Å². The molecule has 4 fully saturated rings. The van der Waals surface area contributed by atoms with Crippen LogP contribution in [0.3, 0.4) is 0 Å². The number of halogens is 2. The highest BCUT2D eigenvalue weighted by Crippen LogP contribution is 2.61. The summed E-state index contributed by atoms with van der Waals surface area (Å²) in [4.78, 5) is 27.1. The van der Waals surface area contributed by atoms with Crippen molar-refractivity contribution in [3.8, 4) is 0 Å². The summed E-state index contributed by atoms with van der Waals surface area (Å²) in [6.45, 7) is 0. The average molecular weight is 459 g/mol. The summed E-state index contributed by atoms with van der Waals surface area (Å²) in [5.41, 5.74) is 2.04. The van der Waals surface area contributed by atoms with E-state index in [0.29, 0.717) is 16.3 Å². The molecular formula is C24H22Cl2NO2S-. The summed E-state index contributed by atoms with van der Waals surface area (Å²) in [5, 5.41) is -0.0738. The van der Waals surface area contributed by atoms with Gasteiger partial charge in [0.2, 0.25) is 0 Å². The van der Waals surface area contributed by atoms with Crippen LogP contribution in [-0.2, 0) is 18.0 Å². The van der Waals surface area contributed by atoms with E-state index in [0.717, 1.165) is 47.5 Å². The Balaban J connectivity index is 1.58. The largest absolute Gasteiger partial charge is 0.718 e. The highest BCUT2D eigenvalue weighted by atomic mass is 35.5. The molecule has 30 heavy (non-hydrogen) atoms. The summed E-state index contributed by atoms with van der Waals surface area (Å²) < 4.78 is 0. The molecule has 6 rings (SSSR count). The molecule has 0 atom stereocenters. The van der Waals surface area contributed by atoms with Gasteiger partial charge >= 0.3 is 0 Å². The Morgan fingerprint density at radius 1 is 0.900 bits per heavy atom. The average Bonchev–Trinajstić information content (AvgIpc) is 2.69. The molecule has 4 bridgehead atoms. The molecule has 0 unspecified atom stereocenters. The van der Waals surface area contributed by atoms with Crippen molar-refractivity contribution in [2.75, 3.05) is 4.90 Å². The van der Waals surface area contributed by atoms with E-state index in [-0.39, 0.29) is 10.4 Å². The van der Waals surface area contributed by atoms with Crippen LogP contribution in [0, 0.1) is 17.8 Å². The smallest absolute Gasteiger partial charge is 0.263 e. The van der Waals surface area contributed by atoms with E-state index in [2.05, 4.69) is 6.07 Å². The van der Waals surface area contributed by atoms with Gasteiger partial charge in [-0.25, -0.2) is 0 Å². The molecular weight excluding hydrogens is 437 g/mol. The van der Waals surface area contributed by atoms with Gasteiger partial charge in [0.05, 0.1) is 15.7 Å². The van der Waals surface area contributed by atoms with Gasteiger partial charge in [-0.3, -0.25) is 9.69 Å². The Kier molecular flexibility index (Phi) is 5.08. The van der Waals surface area contributed by atoms with Crippen LogP contribution < -0.4 is 4.90 Å². The Morgan fingerprint density at radius 3 is 2.07 bits per heavy atom. The minimum absolute atomic E-state index is 0.0340. The van der Waals surface area contributed by atoms with Crippen LogP contribution >= 0.6 is 23.2 Å². The molecule has 0 heterocycles. The number of anilines is 1. The first-order chi connectivity index (χ1) is 14.4. The van der Waals surface area contributed by atoms with Crippen molar-refractivity contribution in [1.82, 2.24) is 0 Å². The third-order valence-electron chi connectivity index (χ3n) is 7.31. The maximum Gasteiger partial charge on any atom is 0.263 e. The van der Waals surface area contributed by atoms with E-state index in [9.17, 15) is 9.59 Å². The zero-order valence-corrected chi connectivity index (χ0v) is 18.8. The molecule has 0 saturated heterocycles. The standard InChI is InChI=1S/C24H23Cl2NO2S/c25-19-6-5-17(10-20(19)26)22(28)27(23(29)30)21-4-2-1-3-18(21)24-11-14-7-15(12-24)9-16(8-14)13-24/h1-6,10,14-16H,7-9,11-13H2,(H,29,30)/p-1. The summed E-state index contributed by atoms with van der Waals surface area (Å²) in [6, 6.07) is 12.5. The van der Waals surface area contributed by atoms with Crippen molar-refractivity contribution in [1.29, 1.82) is 0 Å². The Bertz CT molecular complexity index is 1000. The van der Waals surface area contributed by atoms with E-state index < -0.39 is 11.1 Å². The Hall–Kier alpha value is -1.62. The fourth-order valence-corrected chi connectivity index (χ4v) is 7.09. The minimum Gasteiger partial charge on any atom is -0.718 e. The second kappa shape index (κ2) is 7.51. The zero-order valence-electron chi connectivity index (χ0n) is 16.4. The second-order valence-electron chi connectivity index (χ2n) is 9.25. The summed E-state index contributed by atoms with van der Waals surface area (Å²) in [7, 11) is 0. The van der Waals surface area contributed by atoms with Gasteiger partial charge in [-0.05, 0) is 91.5 Å². The molecule has 0 N–H and O–H groups in total. The lowest BCUT2D eigenvalue weighted by molar-refractivity contribution is -0.00492. The molecule has 2 aromatic rings. The fourth-order valence-electron chi connectivity index (χ4n) is 6.61. The lowest BCUT2D eigenvalue weighted by atomic mass is 9.48. The van der Waals surface area contributed by atoms with Crippen LogP contribution in [-0.4, -0.2) is 11.1 Å². The number of imide groups is 1. The number of amides is 2. The van der Waals surface area contributed by atoms with Crippen molar-refractivity contribution < 1.29 is 9.59 Å². The van der Waals surface area contributed by atoms with E-state index in [1.807, 2.05) is 18.2 Å². The lowest BCUT2D eigenvalue weighted by Crippen LogP contribution is -2.49. The number of carbonyl (C=O) groups excluding carboxylic acids is 2. The highest BCUT2D eigenvalue weighted by molar-refractivity contribution is 7.77. The van der Waals surface area contributed by atoms with Gasteiger partial charge in [-0.2, -0.15) is 0 Å². The predicted molar refractivity (Wildman–Crippen MR) is 122 cm³/mol. The summed E-state index contributed by atoms with van der Waals surface area (Å²) in [6.07, 6.45) is 7.39. The molecule has 3 nitrogen and oxygen atoms in total. The number of hydrogen-bond donors (Lipinski definition) is 0. The number of carbonyl (C=O) groups is 2. The quantitative estimate of drug-likeness (QED) is 0.475. The molecule has 2 amide bonds. The van der Waals surface area contributed by atoms with Crippen LogP contribution in [0.5, 0.6) is 0 Å². The number of benzene rings is 2. The van der Waals surface area contributed by atoms with E-state index in [1.54, 1.807) is 12.1 Å². The van der Waals surface area contributed by atoms with Crippen molar-refractivity contribution in [3.63, 3.8) is 0 Å². The summed E-state index contributed by atoms with van der Waals surface area (Å²) in [5.74, 6) is 1.79. The van der Waals surface area contributed by atoms with Crippen molar-refractivity contribution in [3.05, 3.63) is 63.6 Å². The van der Waals surface area contributed by atoms with Gasteiger partial charge < -0.3 is 17.4 Å². The predicted octanol–water partition coefficient (Wildman–Crippen LogP) is 6.77. The zero-order chi connectivity index (χ0) is 21.0. The van der Waals surface area contributed by atoms with Crippen molar-refractivity contribution in [2.24, 2.45) is 17.8 Å². The Morgan fingerprint density at radius 2 is 1.50 bits per heavy atom. The Labute approximate surface area is 192 Å². The molecule has 156 valence electrons. The van der Waals surface area contributed by atoms with Crippen LogP contribution in [0.2, 0.25) is 10.0 Å². The molecule has 4 saturated carbocycles. The van der Waals surface area contributed by atoms with E-state index in [1.165, 1.54) is 25.3 Å². The lowest BCUT2D eigenvalue weighted by Gasteiger charge is -2.57. The normalized spacial score (nSPS) is 29.1. The van der Waals surface area contributed by atoms with Crippen LogP contribution in [0.1, 0.15) is 54.4 Å². The fraction of sp³-hybridized carbons (Fsp3) is 0.417. The monoisotopic (exact) mass is 458 g/mol. The van der Waals surface area contributed by atoms with Crippen LogP contribution in [0.4, 0.5) is 10.5 Å². The molecule has 4 aliphatic carbocycles. The first-order valence-corrected chi connectivity index (χ1v) is 11.6. The molecule has 0 aromatic heterocycles. The minimum atomic E-state index is -0.705. The third kappa shape index (κ3) is 3.34. The van der Waals surface area contributed by atoms with Gasteiger partial charge in [0, 0.05) is 5.56 Å². The second-order valence-corrected chi connectivity index (χ2v) is 10.4. The topological polar surface area (TPSA) is 37.4 Å². The number of hydrogen-bond acceptors (Lipinski definition) is 3. The first-order valence-electron chi connectivity index (χ1n) is 10.5. The SMILES string of the molecule is O=C([S-])N(C(=O)c1ccc(Cl)c(Cl)c1)c1ccccc1C12CC3CC(CC(C3)C1)C2. The van der Waals surface area contributed by atoms with Crippen LogP contribution in [0.15, 0.2) is 42.5 Å². The van der Waals surface area contributed by atoms with Gasteiger partial charge in [0.15, 0.2) is 0 Å². The molecule has 0 spiro atoms. The maximum atomic E-state index is 13.4. The maximum absolute atomic E-state index is 13.4. The molecule has 6 heteroatoms. The van der Waals surface area contributed by atoms with Gasteiger partial charge in [0.1, 0.15) is 5.24 Å². The molecule has 2 aromatic carbocycles.